The van der Waals surface area contributed by atoms with E-state index in [4.69, 9.17) is 0 Å². The first-order valence-corrected chi connectivity index (χ1v) is 8.38. The maximum Gasteiger partial charge on any atom is 0.337 e. The molecule has 1 aliphatic carbocycles. The van der Waals surface area contributed by atoms with Crippen LogP contribution in [0.1, 0.15) is 34.3 Å². The number of esters is 1. The van der Waals surface area contributed by atoms with Crippen LogP contribution >= 0.6 is 0 Å². The van der Waals surface area contributed by atoms with Gasteiger partial charge < -0.3 is 9.64 Å². The Labute approximate surface area is 147 Å². The molecule has 0 spiro atoms. The van der Waals surface area contributed by atoms with Crippen molar-refractivity contribution in [2.24, 2.45) is 0 Å². The van der Waals surface area contributed by atoms with E-state index in [0.717, 1.165) is 24.0 Å². The lowest BCUT2D eigenvalue weighted by atomic mass is 10.1. The molecule has 2 aromatic carbocycles. The van der Waals surface area contributed by atoms with Gasteiger partial charge in [0.25, 0.3) is 0 Å². The fourth-order valence-electron chi connectivity index (χ4n) is 2.66. The van der Waals surface area contributed by atoms with Crippen molar-refractivity contribution in [3.63, 3.8) is 0 Å². The molecule has 128 valence electrons. The maximum atomic E-state index is 12.6. The topological polar surface area (TPSA) is 46.6 Å². The van der Waals surface area contributed by atoms with E-state index in [0.29, 0.717) is 18.2 Å². The third-order valence-corrected chi connectivity index (χ3v) is 4.22. The zero-order valence-corrected chi connectivity index (χ0v) is 14.2. The van der Waals surface area contributed by atoms with Crippen LogP contribution in [0.15, 0.2) is 60.7 Å². The summed E-state index contributed by atoms with van der Waals surface area (Å²) in [5, 5.41) is 0. The van der Waals surface area contributed by atoms with Gasteiger partial charge >= 0.3 is 5.97 Å². The van der Waals surface area contributed by atoms with Gasteiger partial charge in [-0.25, -0.2) is 4.79 Å². The Balaban J connectivity index is 1.66. The maximum absolute atomic E-state index is 12.6. The molecule has 1 aliphatic rings. The summed E-state index contributed by atoms with van der Waals surface area (Å²) in [4.78, 5) is 25.9. The molecule has 0 saturated heterocycles. The van der Waals surface area contributed by atoms with Gasteiger partial charge in [-0.05, 0) is 42.2 Å². The highest BCUT2D eigenvalue weighted by atomic mass is 16.5. The van der Waals surface area contributed by atoms with Crippen molar-refractivity contribution in [3.8, 4) is 0 Å². The third-order valence-electron chi connectivity index (χ3n) is 4.22. The van der Waals surface area contributed by atoms with Crippen LogP contribution in [0.2, 0.25) is 0 Å². The van der Waals surface area contributed by atoms with Crippen molar-refractivity contribution in [3.05, 3.63) is 77.4 Å². The van der Waals surface area contributed by atoms with E-state index >= 15 is 0 Å². The molecule has 4 nitrogen and oxygen atoms in total. The fraction of sp³-hybridized carbons (Fsp3) is 0.238. The number of methoxy groups -OCH3 is 1. The molecule has 0 bridgehead atoms. The van der Waals surface area contributed by atoms with Crippen molar-refractivity contribution in [2.45, 2.75) is 25.4 Å². The summed E-state index contributed by atoms with van der Waals surface area (Å²) in [5.74, 6) is -0.349. The largest absolute Gasteiger partial charge is 0.465 e. The first-order chi connectivity index (χ1) is 12.2. The Hall–Kier alpha value is -2.88. The summed E-state index contributed by atoms with van der Waals surface area (Å²) in [5.41, 5.74) is 2.50. The molecule has 2 aromatic rings. The lowest BCUT2D eigenvalue weighted by molar-refractivity contribution is -0.127. The SMILES string of the molecule is COC(=O)c1ccc(/C=C/C(=O)N(Cc2ccccc2)C2CC2)cc1. The number of carbonyl (C=O) groups excluding carboxylic acids is 2. The first-order valence-electron chi connectivity index (χ1n) is 8.38. The normalized spacial score (nSPS) is 13.6. The van der Waals surface area contributed by atoms with Gasteiger partial charge in [-0.15, -0.1) is 0 Å². The van der Waals surface area contributed by atoms with Crippen LogP contribution in [0.5, 0.6) is 0 Å². The molecule has 1 saturated carbocycles. The molecule has 0 atom stereocenters. The monoisotopic (exact) mass is 335 g/mol. The predicted molar refractivity (Wildman–Crippen MR) is 96.8 cm³/mol. The molecule has 0 aliphatic heterocycles. The van der Waals surface area contributed by atoms with Gasteiger partial charge in [-0.1, -0.05) is 42.5 Å². The van der Waals surface area contributed by atoms with Crippen LogP contribution < -0.4 is 0 Å². The second-order valence-corrected chi connectivity index (χ2v) is 6.13. The smallest absolute Gasteiger partial charge is 0.337 e. The lowest BCUT2D eigenvalue weighted by Crippen LogP contribution is -2.31. The number of benzene rings is 2. The van der Waals surface area contributed by atoms with Crippen LogP contribution in [-0.4, -0.2) is 29.9 Å². The highest BCUT2D eigenvalue weighted by Gasteiger charge is 2.31. The van der Waals surface area contributed by atoms with Crippen LogP contribution in [0.4, 0.5) is 0 Å². The van der Waals surface area contributed by atoms with Gasteiger partial charge in [-0.3, -0.25) is 4.79 Å². The quantitative estimate of drug-likeness (QED) is 0.598. The molecule has 0 aromatic heterocycles. The second-order valence-electron chi connectivity index (χ2n) is 6.13. The Morgan fingerprint density at radius 1 is 1.08 bits per heavy atom. The number of carbonyl (C=O) groups is 2. The molecule has 0 N–H and O–H groups in total. The van der Waals surface area contributed by atoms with Gasteiger partial charge in [0.15, 0.2) is 0 Å². The van der Waals surface area contributed by atoms with Gasteiger partial charge in [0, 0.05) is 18.7 Å². The molecule has 0 radical (unpaired) electrons. The zero-order chi connectivity index (χ0) is 17.6. The molecule has 3 rings (SSSR count). The van der Waals surface area contributed by atoms with Crippen molar-refractivity contribution in [1.82, 2.24) is 4.90 Å². The minimum atomic E-state index is -0.366. The third kappa shape index (κ3) is 4.57. The van der Waals surface area contributed by atoms with E-state index in [2.05, 4.69) is 4.74 Å². The Morgan fingerprint density at radius 3 is 2.36 bits per heavy atom. The Kier molecular flexibility index (Phi) is 5.29. The predicted octanol–water partition coefficient (Wildman–Crippen LogP) is 3.68. The average Bonchev–Trinajstić information content (AvgIpc) is 3.50. The zero-order valence-electron chi connectivity index (χ0n) is 14.2. The Bertz CT molecular complexity index is 761. The number of amides is 1. The highest BCUT2D eigenvalue weighted by Crippen LogP contribution is 2.28. The number of ether oxygens (including phenoxy) is 1. The first kappa shape index (κ1) is 17.0. The molecule has 1 amide bonds. The molecular formula is C21H21NO3. The van der Waals surface area contributed by atoms with E-state index in [1.54, 1.807) is 36.4 Å². The van der Waals surface area contributed by atoms with Gasteiger partial charge in [-0.2, -0.15) is 0 Å². The molecule has 0 unspecified atom stereocenters. The van der Waals surface area contributed by atoms with E-state index in [1.165, 1.54) is 7.11 Å². The standard InChI is InChI=1S/C21H21NO3/c1-25-21(24)18-10-7-16(8-11-18)9-14-20(23)22(19-12-13-19)15-17-5-3-2-4-6-17/h2-11,14,19H,12-13,15H2,1H3/b14-9+. The van der Waals surface area contributed by atoms with Crippen molar-refractivity contribution < 1.29 is 14.3 Å². The van der Waals surface area contributed by atoms with E-state index < -0.39 is 0 Å². The number of rotatable bonds is 6. The number of nitrogens with zero attached hydrogens (tertiary/aromatic N) is 1. The average molecular weight is 335 g/mol. The van der Waals surface area contributed by atoms with Gasteiger partial charge in [0.2, 0.25) is 5.91 Å². The Morgan fingerprint density at radius 2 is 1.76 bits per heavy atom. The summed E-state index contributed by atoms with van der Waals surface area (Å²) >= 11 is 0. The summed E-state index contributed by atoms with van der Waals surface area (Å²) in [6, 6.07) is 17.4. The number of hydrogen-bond donors (Lipinski definition) is 0. The van der Waals surface area contributed by atoms with Crippen LogP contribution in [-0.2, 0) is 16.1 Å². The van der Waals surface area contributed by atoms with Crippen molar-refractivity contribution in [1.29, 1.82) is 0 Å². The minimum Gasteiger partial charge on any atom is -0.465 e. The molecule has 4 heteroatoms. The molecule has 25 heavy (non-hydrogen) atoms. The molecule has 0 heterocycles. The number of hydrogen-bond acceptors (Lipinski definition) is 3. The van der Waals surface area contributed by atoms with Crippen LogP contribution in [0.25, 0.3) is 6.08 Å². The van der Waals surface area contributed by atoms with E-state index in [9.17, 15) is 9.59 Å². The lowest BCUT2D eigenvalue weighted by Gasteiger charge is -2.21. The summed E-state index contributed by atoms with van der Waals surface area (Å²) in [6.07, 6.45) is 5.53. The van der Waals surface area contributed by atoms with Crippen LogP contribution in [0.3, 0.4) is 0 Å². The molecule has 1 fully saturated rings. The van der Waals surface area contributed by atoms with E-state index in [-0.39, 0.29) is 11.9 Å². The van der Waals surface area contributed by atoms with Crippen molar-refractivity contribution in [2.75, 3.05) is 7.11 Å². The highest BCUT2D eigenvalue weighted by molar-refractivity contribution is 5.93. The summed E-state index contributed by atoms with van der Waals surface area (Å²) in [7, 11) is 1.36. The fourth-order valence-corrected chi connectivity index (χ4v) is 2.66. The van der Waals surface area contributed by atoms with Gasteiger partial charge in [0.1, 0.15) is 0 Å². The molecular weight excluding hydrogens is 314 g/mol. The van der Waals surface area contributed by atoms with E-state index in [1.807, 2.05) is 35.2 Å². The van der Waals surface area contributed by atoms with Crippen molar-refractivity contribution >= 4 is 18.0 Å². The summed E-state index contributed by atoms with van der Waals surface area (Å²) in [6.45, 7) is 0.635. The summed E-state index contributed by atoms with van der Waals surface area (Å²) < 4.78 is 4.68. The minimum absolute atomic E-state index is 0.0170. The van der Waals surface area contributed by atoms with Crippen LogP contribution in [0, 0.1) is 0 Å². The second kappa shape index (κ2) is 7.79. The van der Waals surface area contributed by atoms with Gasteiger partial charge in [0.05, 0.1) is 12.7 Å².